The smallest absolute Gasteiger partial charge is 0.330 e. The van der Waals surface area contributed by atoms with Gasteiger partial charge >= 0.3 is 5.97 Å². The number of fused-ring (bicyclic) bond motifs is 1. The van der Waals surface area contributed by atoms with E-state index in [-0.39, 0.29) is 12.5 Å². The van der Waals surface area contributed by atoms with E-state index in [0.717, 1.165) is 40.5 Å². The van der Waals surface area contributed by atoms with Crippen LogP contribution >= 0.6 is 0 Å². The number of aryl methyl sites for hydroxylation is 1. The van der Waals surface area contributed by atoms with Crippen LogP contribution in [0.1, 0.15) is 38.7 Å². The number of methoxy groups -OCH3 is 1. The number of ether oxygens (including phenoxy) is 3. The van der Waals surface area contributed by atoms with Crippen LogP contribution in [0.25, 0.3) is 22.3 Å². The predicted molar refractivity (Wildman–Crippen MR) is 127 cm³/mol. The van der Waals surface area contributed by atoms with Crippen molar-refractivity contribution in [1.82, 2.24) is 0 Å². The Morgan fingerprint density at radius 1 is 1.12 bits per heavy atom. The topological polar surface area (TPSA) is 57.9 Å². The van der Waals surface area contributed by atoms with Gasteiger partial charge in [0.25, 0.3) is 0 Å². The van der Waals surface area contributed by atoms with E-state index in [1.807, 2.05) is 31.2 Å². The molecule has 0 saturated heterocycles. The van der Waals surface area contributed by atoms with Crippen LogP contribution in [0.5, 0.6) is 11.5 Å². The molecule has 0 spiro atoms. The van der Waals surface area contributed by atoms with Gasteiger partial charge in [-0.3, -0.25) is 0 Å². The number of carbonyl (C=O) groups excluding carboxylic acids is 1. The molecule has 0 saturated carbocycles. The Hall–Kier alpha value is -3.21. The lowest BCUT2D eigenvalue weighted by molar-refractivity contribution is -0.139. The molecule has 0 aliphatic rings. The molecule has 0 aliphatic heterocycles. The minimum Gasteiger partial charge on any atom is -0.496 e. The van der Waals surface area contributed by atoms with Gasteiger partial charge in [0.1, 0.15) is 22.8 Å². The minimum absolute atomic E-state index is 0.0573. The van der Waals surface area contributed by atoms with E-state index in [4.69, 9.17) is 18.6 Å². The van der Waals surface area contributed by atoms with E-state index in [2.05, 4.69) is 31.7 Å². The van der Waals surface area contributed by atoms with Crippen LogP contribution < -0.4 is 9.47 Å². The number of carbonyl (C=O) groups is 1. The summed E-state index contributed by atoms with van der Waals surface area (Å²) in [6.45, 7) is 8.27. The molecule has 0 bridgehead atoms. The molecule has 5 heteroatoms. The third kappa shape index (κ3) is 6.16. The van der Waals surface area contributed by atoms with E-state index in [1.54, 1.807) is 7.11 Å². The summed E-state index contributed by atoms with van der Waals surface area (Å²) in [5, 5.41) is 0.995. The molecule has 32 heavy (non-hydrogen) atoms. The van der Waals surface area contributed by atoms with Gasteiger partial charge in [-0.1, -0.05) is 39.3 Å². The van der Waals surface area contributed by atoms with Crippen molar-refractivity contribution in [3.63, 3.8) is 0 Å². The number of furan rings is 1. The van der Waals surface area contributed by atoms with Gasteiger partial charge in [-0.25, -0.2) is 4.79 Å². The van der Waals surface area contributed by atoms with Gasteiger partial charge in [0.2, 0.25) is 0 Å². The zero-order chi connectivity index (χ0) is 22.9. The molecule has 0 amide bonds. The molecule has 0 fully saturated rings. The molecule has 0 radical (unpaired) electrons. The van der Waals surface area contributed by atoms with Crippen molar-refractivity contribution < 1.29 is 23.4 Å². The predicted octanol–water partition coefficient (Wildman–Crippen LogP) is 6.59. The van der Waals surface area contributed by atoms with E-state index < -0.39 is 5.97 Å². The molecular weight excluding hydrogens is 404 g/mol. The van der Waals surface area contributed by atoms with Crippen molar-refractivity contribution in [3.8, 4) is 22.8 Å². The maximum absolute atomic E-state index is 11.2. The van der Waals surface area contributed by atoms with Crippen LogP contribution in [0.2, 0.25) is 0 Å². The summed E-state index contributed by atoms with van der Waals surface area (Å²) >= 11 is 0. The molecule has 0 aliphatic carbocycles. The number of hydrogen-bond acceptors (Lipinski definition) is 5. The van der Waals surface area contributed by atoms with Crippen molar-refractivity contribution >= 4 is 16.9 Å². The Morgan fingerprint density at radius 2 is 1.97 bits per heavy atom. The summed E-state index contributed by atoms with van der Waals surface area (Å²) in [6.07, 6.45) is 5.83. The summed E-state index contributed by atoms with van der Waals surface area (Å²) in [5.74, 6) is 1.92. The van der Waals surface area contributed by atoms with Gasteiger partial charge < -0.3 is 18.6 Å². The van der Waals surface area contributed by atoms with Crippen molar-refractivity contribution in [3.05, 3.63) is 60.7 Å². The van der Waals surface area contributed by atoms with Crippen LogP contribution in [0.15, 0.2) is 59.5 Å². The van der Waals surface area contributed by atoms with Crippen LogP contribution in [0, 0.1) is 5.92 Å². The maximum Gasteiger partial charge on any atom is 0.330 e. The lowest BCUT2D eigenvalue weighted by atomic mass is 10.0. The van der Waals surface area contributed by atoms with Crippen molar-refractivity contribution in [2.24, 2.45) is 5.92 Å². The van der Waals surface area contributed by atoms with Crippen LogP contribution in [0.4, 0.5) is 0 Å². The zero-order valence-electron chi connectivity index (χ0n) is 19.2. The van der Waals surface area contributed by atoms with Gasteiger partial charge in [-0.2, -0.15) is 0 Å². The monoisotopic (exact) mass is 436 g/mol. The SMILES string of the molecule is C=CC(=O)OCC(C)COc1ccc2cc(-c3ccc(CCCCC)cc3OC)oc2c1. The molecule has 170 valence electrons. The molecule has 0 N–H and O–H groups in total. The Kier molecular flexibility index (Phi) is 8.37. The lowest BCUT2D eigenvalue weighted by Crippen LogP contribution is -2.16. The second-order valence-electron chi connectivity index (χ2n) is 8.05. The summed E-state index contributed by atoms with van der Waals surface area (Å²) in [5.41, 5.74) is 2.96. The first kappa shape index (κ1) is 23.5. The lowest BCUT2D eigenvalue weighted by Gasteiger charge is -2.12. The fourth-order valence-electron chi connectivity index (χ4n) is 3.48. The fraction of sp³-hybridized carbons (Fsp3) is 0.370. The molecule has 2 aromatic carbocycles. The molecule has 3 rings (SSSR count). The number of hydrogen-bond donors (Lipinski definition) is 0. The number of unbranched alkanes of at least 4 members (excludes halogenated alkanes) is 2. The van der Waals surface area contributed by atoms with Crippen LogP contribution in [-0.4, -0.2) is 26.3 Å². The second-order valence-corrected chi connectivity index (χ2v) is 8.05. The third-order valence-electron chi connectivity index (χ3n) is 5.30. The second kappa shape index (κ2) is 11.4. The van der Waals surface area contributed by atoms with Crippen LogP contribution in [0.3, 0.4) is 0 Å². The van der Waals surface area contributed by atoms with Gasteiger partial charge in [-0.05, 0) is 48.7 Å². The van der Waals surface area contributed by atoms with Gasteiger partial charge in [0, 0.05) is 23.4 Å². The zero-order valence-corrected chi connectivity index (χ0v) is 19.2. The first-order valence-corrected chi connectivity index (χ1v) is 11.2. The highest BCUT2D eigenvalue weighted by Crippen LogP contribution is 2.36. The fourth-order valence-corrected chi connectivity index (χ4v) is 3.48. The first-order chi connectivity index (χ1) is 15.5. The first-order valence-electron chi connectivity index (χ1n) is 11.2. The Balaban J connectivity index is 1.70. The minimum atomic E-state index is -0.425. The highest BCUT2D eigenvalue weighted by atomic mass is 16.5. The summed E-state index contributed by atoms with van der Waals surface area (Å²) < 4.78 is 22.7. The molecule has 1 aromatic heterocycles. The van der Waals surface area contributed by atoms with Crippen molar-refractivity contribution in [2.75, 3.05) is 20.3 Å². The summed E-state index contributed by atoms with van der Waals surface area (Å²) in [6, 6.07) is 14.1. The maximum atomic E-state index is 11.2. The van der Waals surface area contributed by atoms with Gasteiger partial charge in [0.15, 0.2) is 0 Å². The molecule has 1 unspecified atom stereocenters. The highest BCUT2D eigenvalue weighted by molar-refractivity contribution is 5.85. The standard InChI is InChI=1S/C27H32O5/c1-5-7-8-9-20-10-13-23(25(14-20)29-4)26-15-21-11-12-22(16-24(21)32-26)30-17-19(3)18-31-27(28)6-2/h6,10-16,19H,2,5,7-9,17-18H2,1,3-4H3. The number of rotatable bonds is 12. The van der Waals surface area contributed by atoms with Crippen molar-refractivity contribution in [2.45, 2.75) is 39.5 Å². The Labute approximate surface area is 190 Å². The molecular formula is C27H32O5. The molecule has 5 nitrogen and oxygen atoms in total. The summed E-state index contributed by atoms with van der Waals surface area (Å²) in [7, 11) is 1.69. The Morgan fingerprint density at radius 3 is 2.72 bits per heavy atom. The largest absolute Gasteiger partial charge is 0.496 e. The van der Waals surface area contributed by atoms with E-state index in [1.165, 1.54) is 24.8 Å². The van der Waals surface area contributed by atoms with Gasteiger partial charge in [0.05, 0.1) is 25.9 Å². The third-order valence-corrected chi connectivity index (χ3v) is 5.30. The average molecular weight is 437 g/mol. The quantitative estimate of drug-likeness (QED) is 0.182. The number of esters is 1. The van der Waals surface area contributed by atoms with E-state index >= 15 is 0 Å². The summed E-state index contributed by atoms with van der Waals surface area (Å²) in [4.78, 5) is 11.2. The molecule has 1 heterocycles. The average Bonchev–Trinajstić information content (AvgIpc) is 3.24. The van der Waals surface area contributed by atoms with E-state index in [9.17, 15) is 4.79 Å². The highest BCUT2D eigenvalue weighted by Gasteiger charge is 2.13. The molecule has 1 atom stereocenters. The molecule has 3 aromatic rings. The van der Waals surface area contributed by atoms with Gasteiger partial charge in [-0.15, -0.1) is 0 Å². The normalized spacial score (nSPS) is 11.8. The van der Waals surface area contributed by atoms with Crippen LogP contribution in [-0.2, 0) is 16.0 Å². The Bertz CT molecular complexity index is 1050. The number of benzene rings is 2. The van der Waals surface area contributed by atoms with Crippen molar-refractivity contribution in [1.29, 1.82) is 0 Å². The van der Waals surface area contributed by atoms with E-state index in [0.29, 0.717) is 12.4 Å².